The second-order valence-corrected chi connectivity index (χ2v) is 14.9. The molecule has 4 aliphatic rings. The van der Waals surface area contributed by atoms with Crippen molar-refractivity contribution in [3.63, 3.8) is 0 Å². The number of fused-ring (bicyclic) bond motifs is 11. The average molecular weight is 686 g/mol. The van der Waals surface area contributed by atoms with Gasteiger partial charge in [0.25, 0.3) is 0 Å². The number of carbonyl (C=O) groups excluding carboxylic acids is 2. The molecule has 0 unspecified atom stereocenters. The fourth-order valence-electron chi connectivity index (χ4n) is 9.99. The van der Waals surface area contributed by atoms with Gasteiger partial charge in [-0.05, 0) is 56.7 Å². The number of benzene rings is 2. The summed E-state index contributed by atoms with van der Waals surface area (Å²) in [4.78, 5) is 37.1. The van der Waals surface area contributed by atoms with E-state index in [9.17, 15) is 9.59 Å². The monoisotopic (exact) mass is 685 g/mol. The zero-order valence-electron chi connectivity index (χ0n) is 29.7. The average Bonchev–Trinajstić information content (AvgIpc) is 3.75. The van der Waals surface area contributed by atoms with E-state index in [4.69, 9.17) is 14.2 Å². The maximum atomic E-state index is 14.1. The lowest BCUT2D eigenvalue weighted by Crippen LogP contribution is -2.54. The minimum absolute atomic E-state index is 0.0167. The van der Waals surface area contributed by atoms with Crippen LogP contribution < -0.4 is 4.57 Å². The molecule has 0 bridgehead atoms. The maximum Gasteiger partial charge on any atom is 0.337 e. The number of hydrogen-bond donors (Lipinski definition) is 2. The fourth-order valence-corrected chi connectivity index (χ4v) is 9.99. The molecule has 0 saturated carbocycles. The lowest BCUT2D eigenvalue weighted by atomic mass is 9.73. The van der Waals surface area contributed by atoms with Crippen LogP contribution in [0.3, 0.4) is 0 Å². The third kappa shape index (κ3) is 5.03. The van der Waals surface area contributed by atoms with Crippen molar-refractivity contribution in [3.8, 4) is 0 Å². The number of methoxy groups -OCH3 is 2. The van der Waals surface area contributed by atoms with E-state index in [-0.39, 0.29) is 47.8 Å². The summed E-state index contributed by atoms with van der Waals surface area (Å²) in [5.74, 6) is -0.764. The van der Waals surface area contributed by atoms with Crippen LogP contribution >= 0.6 is 0 Å². The van der Waals surface area contributed by atoms with Crippen LogP contribution in [0.25, 0.3) is 32.7 Å². The zero-order valence-corrected chi connectivity index (χ0v) is 29.7. The number of aromatic amines is 2. The van der Waals surface area contributed by atoms with Crippen LogP contribution in [0.2, 0.25) is 0 Å². The number of ether oxygens (including phenoxy) is 3. The molecule has 4 aliphatic heterocycles. The summed E-state index contributed by atoms with van der Waals surface area (Å²) in [7, 11) is 2.95. The number of nitrogens with zero attached hydrogens (tertiary/aromatic N) is 2. The highest BCUT2D eigenvalue weighted by Crippen LogP contribution is 2.47. The number of hydrogen-bond acceptors (Lipinski definition) is 6. The maximum absolute atomic E-state index is 14.1. The number of nitrogens with one attached hydrogen (secondary N) is 2. The van der Waals surface area contributed by atoms with Gasteiger partial charge in [0.05, 0.1) is 43.9 Å². The Labute approximate surface area is 297 Å². The molecule has 51 heavy (non-hydrogen) atoms. The summed E-state index contributed by atoms with van der Waals surface area (Å²) < 4.78 is 19.2. The Balaban J connectivity index is 1.15. The molecule has 3 aromatic heterocycles. The topological polar surface area (TPSA) is 101 Å². The first-order valence-corrected chi connectivity index (χ1v) is 18.3. The summed E-state index contributed by atoms with van der Waals surface area (Å²) in [6, 6.07) is 17.2. The van der Waals surface area contributed by atoms with E-state index in [1.165, 1.54) is 42.0 Å². The highest BCUT2D eigenvalue weighted by Gasteiger charge is 2.47. The number of esters is 2. The van der Waals surface area contributed by atoms with Gasteiger partial charge in [-0.1, -0.05) is 48.0 Å². The lowest BCUT2D eigenvalue weighted by Gasteiger charge is -2.45. The summed E-state index contributed by atoms with van der Waals surface area (Å²) in [6.07, 6.45) is 9.15. The standard InChI is InChI=1S/C42H44N4O5/c1-5-24-19-45-15-14-27-26-10-6-8-12-34(26)43-39(27)36(45)17-29(24)31(41(47)49-3)16-25-20-46-21-32-23(2)51-22-33(42(48)50-4)30(32)18-37(46)40-38(25)28-11-7-9-13-35(28)44-40/h5-13,20,22-23,29-32,36,43H,14-19,21H2,1-4H3/p+1/b24-5+/t23-,29+,30+,31+,32+,36-/m1/s1. The van der Waals surface area contributed by atoms with Gasteiger partial charge in [0.2, 0.25) is 5.69 Å². The molecule has 2 N–H and O–H groups in total. The van der Waals surface area contributed by atoms with Crippen molar-refractivity contribution in [2.45, 2.75) is 58.2 Å². The highest BCUT2D eigenvalue weighted by atomic mass is 16.5. The molecule has 1 fully saturated rings. The first kappa shape index (κ1) is 32.0. The third-order valence-electron chi connectivity index (χ3n) is 12.6. The quantitative estimate of drug-likeness (QED) is 0.129. The molecule has 6 atom stereocenters. The Morgan fingerprint density at radius 3 is 2.59 bits per heavy atom. The van der Waals surface area contributed by atoms with Crippen molar-refractivity contribution in [1.29, 1.82) is 0 Å². The Hall–Kier alpha value is -4.89. The van der Waals surface area contributed by atoms with Gasteiger partial charge in [-0.15, -0.1) is 0 Å². The smallest absolute Gasteiger partial charge is 0.337 e. The highest BCUT2D eigenvalue weighted by molar-refractivity contribution is 6.09. The number of rotatable bonds is 5. The molecule has 9 rings (SSSR count). The molecule has 1 saturated heterocycles. The van der Waals surface area contributed by atoms with Crippen molar-refractivity contribution >= 4 is 44.6 Å². The Morgan fingerprint density at radius 1 is 1.06 bits per heavy atom. The Bertz CT molecular complexity index is 2280. The molecule has 7 heterocycles. The Kier molecular flexibility index (Phi) is 7.80. The normalized spacial score (nSPS) is 25.8. The zero-order chi connectivity index (χ0) is 35.0. The molecule has 9 heteroatoms. The van der Waals surface area contributed by atoms with Crippen molar-refractivity contribution in [2.75, 3.05) is 27.3 Å². The molecule has 262 valence electrons. The molecule has 0 radical (unpaired) electrons. The number of aromatic nitrogens is 3. The largest absolute Gasteiger partial charge is 0.497 e. The van der Waals surface area contributed by atoms with E-state index in [1.807, 2.05) is 0 Å². The first-order chi connectivity index (χ1) is 24.9. The van der Waals surface area contributed by atoms with Gasteiger partial charge in [0.15, 0.2) is 12.7 Å². The predicted molar refractivity (Wildman–Crippen MR) is 195 cm³/mol. The molecule has 2 aromatic carbocycles. The molecular formula is C42H45N4O5+. The molecule has 0 aliphatic carbocycles. The lowest BCUT2D eigenvalue weighted by molar-refractivity contribution is -0.718. The minimum Gasteiger partial charge on any atom is -0.497 e. The van der Waals surface area contributed by atoms with Gasteiger partial charge in [0, 0.05) is 63.9 Å². The summed E-state index contributed by atoms with van der Waals surface area (Å²) >= 11 is 0. The summed E-state index contributed by atoms with van der Waals surface area (Å²) in [6.45, 7) is 6.73. The van der Waals surface area contributed by atoms with E-state index < -0.39 is 0 Å². The van der Waals surface area contributed by atoms with E-state index in [0.717, 1.165) is 59.0 Å². The first-order valence-electron chi connectivity index (χ1n) is 18.3. The molecule has 0 spiro atoms. The van der Waals surface area contributed by atoms with Crippen molar-refractivity contribution in [2.24, 2.45) is 23.7 Å². The van der Waals surface area contributed by atoms with Crippen LogP contribution in [-0.4, -0.2) is 60.2 Å². The molecule has 0 amide bonds. The van der Waals surface area contributed by atoms with Gasteiger partial charge >= 0.3 is 11.9 Å². The van der Waals surface area contributed by atoms with Gasteiger partial charge < -0.3 is 24.2 Å². The fraction of sp³-hybridized carbons (Fsp3) is 0.405. The van der Waals surface area contributed by atoms with E-state index >= 15 is 0 Å². The SMILES string of the molecule is C/C=C1\CN2CCc3c([nH]c4ccccc34)[C@H]2C[C@@H]1[C@H](Cc1c[n+]2c(c3[nH]c4ccccc4c13)C[C@@H]1C(C(=O)OC)=CO[C@H](C)[C@@H]1C2)C(=O)OC. The number of para-hydroxylation sites is 2. The minimum atomic E-state index is -0.365. The molecule has 9 nitrogen and oxygen atoms in total. The molecular weight excluding hydrogens is 640 g/mol. The number of pyridine rings is 1. The van der Waals surface area contributed by atoms with Gasteiger partial charge in [0.1, 0.15) is 11.6 Å². The van der Waals surface area contributed by atoms with Crippen LogP contribution in [0.15, 0.2) is 78.2 Å². The third-order valence-corrected chi connectivity index (χ3v) is 12.6. The van der Waals surface area contributed by atoms with Crippen LogP contribution in [0.5, 0.6) is 0 Å². The van der Waals surface area contributed by atoms with Gasteiger partial charge in [-0.25, -0.2) is 4.79 Å². The van der Waals surface area contributed by atoms with E-state index in [2.05, 4.69) is 94.1 Å². The Morgan fingerprint density at radius 2 is 1.82 bits per heavy atom. The summed E-state index contributed by atoms with van der Waals surface area (Å²) in [5, 5.41) is 3.59. The van der Waals surface area contributed by atoms with Crippen molar-refractivity contribution < 1.29 is 28.4 Å². The number of allylic oxidation sites excluding steroid dienone is 1. The molecule has 5 aromatic rings. The van der Waals surface area contributed by atoms with Crippen molar-refractivity contribution in [3.05, 3.63) is 101 Å². The number of carbonyl (C=O) groups is 2. The van der Waals surface area contributed by atoms with Gasteiger partial charge in [-0.3, -0.25) is 9.69 Å². The number of piperidine rings is 1. The number of H-pyrrole nitrogens is 2. The van der Waals surface area contributed by atoms with Crippen molar-refractivity contribution in [1.82, 2.24) is 14.9 Å². The summed E-state index contributed by atoms with van der Waals surface area (Å²) in [5.41, 5.74) is 10.2. The van der Waals surface area contributed by atoms with E-state index in [0.29, 0.717) is 25.0 Å². The van der Waals surface area contributed by atoms with Crippen LogP contribution in [0.4, 0.5) is 0 Å². The van der Waals surface area contributed by atoms with Crippen LogP contribution in [-0.2, 0) is 49.6 Å². The van der Waals surface area contributed by atoms with Crippen LogP contribution in [0, 0.1) is 23.7 Å². The van der Waals surface area contributed by atoms with Gasteiger partial charge in [-0.2, -0.15) is 4.57 Å². The van der Waals surface area contributed by atoms with E-state index in [1.54, 1.807) is 6.26 Å². The van der Waals surface area contributed by atoms with Crippen LogP contribution in [0.1, 0.15) is 48.8 Å². The predicted octanol–water partition coefficient (Wildman–Crippen LogP) is 6.25. The second-order valence-electron chi connectivity index (χ2n) is 14.9. The second kappa shape index (κ2) is 12.4.